The highest BCUT2D eigenvalue weighted by Crippen LogP contribution is 2.13. The monoisotopic (exact) mass is 280 g/mol. The number of aromatic amines is 1. The number of ether oxygens (including phenoxy) is 1. The molecule has 1 aliphatic rings. The number of hydrogen-bond acceptors (Lipinski definition) is 2. The van der Waals surface area contributed by atoms with Gasteiger partial charge in [0, 0.05) is 12.8 Å². The molecule has 3 nitrogen and oxygen atoms in total. The van der Waals surface area contributed by atoms with Gasteiger partial charge in [-0.15, -0.1) is 0 Å². The van der Waals surface area contributed by atoms with Crippen molar-refractivity contribution >= 4 is 11.8 Å². The van der Waals surface area contributed by atoms with Crippen molar-refractivity contribution < 1.29 is 4.74 Å². The number of allylic oxidation sites excluding steroid dienone is 1. The second-order valence-corrected chi connectivity index (χ2v) is 5.44. The van der Waals surface area contributed by atoms with Crippen LogP contribution in [0.3, 0.4) is 0 Å². The minimum atomic E-state index is 0.135. The standard InChI is InChI=1S/C18H20N2O/c1-13(12-15-8-4-3-5-9-15)21-17-11-7-6-10-16-18(17)14(2)19-20-16/h3-10,13,20H,11-12H2,1-2H3/t13-/m1/s1. The number of hydrogen-bond donors (Lipinski definition) is 1. The first-order chi connectivity index (χ1) is 10.2. The minimum Gasteiger partial charge on any atom is -0.494 e. The lowest BCUT2D eigenvalue weighted by Crippen LogP contribution is -2.28. The highest BCUT2D eigenvalue weighted by atomic mass is 16.5. The van der Waals surface area contributed by atoms with Crippen LogP contribution in [0, 0.1) is 6.92 Å². The summed E-state index contributed by atoms with van der Waals surface area (Å²) in [4.78, 5) is 0. The summed E-state index contributed by atoms with van der Waals surface area (Å²) in [6.45, 7) is 4.13. The van der Waals surface area contributed by atoms with Gasteiger partial charge in [0.05, 0.1) is 22.4 Å². The van der Waals surface area contributed by atoms with E-state index in [1.54, 1.807) is 0 Å². The van der Waals surface area contributed by atoms with Crippen molar-refractivity contribution in [3.63, 3.8) is 0 Å². The van der Waals surface area contributed by atoms with E-state index in [0.29, 0.717) is 0 Å². The van der Waals surface area contributed by atoms with E-state index in [4.69, 9.17) is 4.74 Å². The summed E-state index contributed by atoms with van der Waals surface area (Å²) in [6.07, 6.45) is 8.07. The van der Waals surface area contributed by atoms with Crippen molar-refractivity contribution in [3.8, 4) is 0 Å². The second kappa shape index (κ2) is 6.00. The molecule has 0 saturated heterocycles. The fraction of sp³-hybridized carbons (Fsp3) is 0.278. The largest absolute Gasteiger partial charge is 0.494 e. The van der Waals surface area contributed by atoms with Crippen LogP contribution in [0.2, 0.25) is 0 Å². The molecule has 3 heteroatoms. The molecule has 0 saturated carbocycles. The average Bonchev–Trinajstić information content (AvgIpc) is 2.72. The predicted molar refractivity (Wildman–Crippen MR) is 84.9 cm³/mol. The SMILES string of the molecule is Cc1n[nH]c2c1=C(O[C@H](C)Cc1ccccc1)CC=CC=2. The molecule has 0 bridgehead atoms. The molecule has 1 aromatic carbocycles. The summed E-state index contributed by atoms with van der Waals surface area (Å²) >= 11 is 0. The van der Waals surface area contributed by atoms with Gasteiger partial charge in [-0.2, -0.15) is 5.10 Å². The molecule has 1 aliphatic carbocycles. The smallest absolute Gasteiger partial charge is 0.111 e. The van der Waals surface area contributed by atoms with Crippen molar-refractivity contribution in [2.45, 2.75) is 32.8 Å². The Hall–Kier alpha value is -2.29. The number of nitrogens with one attached hydrogen (secondary N) is 1. The Bertz CT molecular complexity index is 756. The third-order valence-corrected chi connectivity index (χ3v) is 3.67. The number of fused-ring (bicyclic) bond motifs is 1. The van der Waals surface area contributed by atoms with Crippen molar-refractivity contribution in [1.29, 1.82) is 0 Å². The zero-order valence-electron chi connectivity index (χ0n) is 12.5. The van der Waals surface area contributed by atoms with Crippen molar-refractivity contribution in [3.05, 3.63) is 64.3 Å². The third kappa shape index (κ3) is 3.07. The molecular formula is C18H20N2O. The van der Waals surface area contributed by atoms with Crippen LogP contribution >= 0.6 is 0 Å². The van der Waals surface area contributed by atoms with Crippen molar-refractivity contribution in [2.24, 2.45) is 0 Å². The van der Waals surface area contributed by atoms with E-state index in [9.17, 15) is 0 Å². The Morgan fingerprint density at radius 2 is 2.10 bits per heavy atom. The van der Waals surface area contributed by atoms with E-state index >= 15 is 0 Å². The lowest BCUT2D eigenvalue weighted by atomic mass is 10.1. The van der Waals surface area contributed by atoms with Gasteiger partial charge in [0.2, 0.25) is 0 Å². The van der Waals surface area contributed by atoms with Crippen molar-refractivity contribution in [1.82, 2.24) is 10.2 Å². The van der Waals surface area contributed by atoms with E-state index in [-0.39, 0.29) is 6.10 Å². The van der Waals surface area contributed by atoms with Gasteiger partial charge >= 0.3 is 0 Å². The summed E-state index contributed by atoms with van der Waals surface area (Å²) in [7, 11) is 0. The van der Waals surface area contributed by atoms with Crippen molar-refractivity contribution in [2.75, 3.05) is 0 Å². The fourth-order valence-electron chi connectivity index (χ4n) is 2.70. The molecule has 2 aromatic rings. The van der Waals surface area contributed by atoms with Crippen LogP contribution in [-0.2, 0) is 11.2 Å². The van der Waals surface area contributed by atoms with E-state index in [2.05, 4.69) is 53.5 Å². The van der Waals surface area contributed by atoms with Crippen LogP contribution in [-0.4, -0.2) is 16.3 Å². The zero-order valence-corrected chi connectivity index (χ0v) is 12.5. The molecule has 3 rings (SSSR count). The average molecular weight is 280 g/mol. The van der Waals surface area contributed by atoms with Crippen LogP contribution in [0.5, 0.6) is 0 Å². The first-order valence-corrected chi connectivity index (χ1v) is 7.35. The van der Waals surface area contributed by atoms with E-state index in [1.165, 1.54) is 5.56 Å². The molecule has 1 aromatic heterocycles. The summed E-state index contributed by atoms with van der Waals surface area (Å²) in [5.41, 5.74) is 2.29. The minimum absolute atomic E-state index is 0.135. The van der Waals surface area contributed by atoms with Gasteiger partial charge in [0.15, 0.2) is 0 Å². The molecule has 0 aliphatic heterocycles. The molecule has 0 spiro atoms. The molecule has 1 heterocycles. The molecule has 0 unspecified atom stereocenters. The first kappa shape index (κ1) is 13.7. The highest BCUT2D eigenvalue weighted by molar-refractivity contribution is 5.48. The number of aromatic nitrogens is 2. The van der Waals surface area contributed by atoms with Crippen LogP contribution in [0.1, 0.15) is 24.6 Å². The lowest BCUT2D eigenvalue weighted by molar-refractivity contribution is 0.176. The van der Waals surface area contributed by atoms with E-state index in [1.807, 2.05) is 19.1 Å². The highest BCUT2D eigenvalue weighted by Gasteiger charge is 2.11. The van der Waals surface area contributed by atoms with Crippen LogP contribution in [0.25, 0.3) is 11.8 Å². The molecule has 1 N–H and O–H groups in total. The maximum absolute atomic E-state index is 6.23. The third-order valence-electron chi connectivity index (χ3n) is 3.67. The predicted octanol–water partition coefficient (Wildman–Crippen LogP) is 2.21. The van der Waals surface area contributed by atoms with E-state index in [0.717, 1.165) is 34.9 Å². The Kier molecular flexibility index (Phi) is 3.91. The molecule has 108 valence electrons. The van der Waals surface area contributed by atoms with Gasteiger partial charge in [-0.05, 0) is 25.5 Å². The van der Waals surface area contributed by atoms with Gasteiger partial charge in [-0.1, -0.05) is 42.5 Å². The number of aryl methyl sites for hydroxylation is 1. The summed E-state index contributed by atoms with van der Waals surface area (Å²) < 4.78 is 6.23. The molecule has 0 fully saturated rings. The normalized spacial score (nSPS) is 15.0. The Balaban J connectivity index is 1.85. The number of benzene rings is 1. The summed E-state index contributed by atoms with van der Waals surface area (Å²) in [5.74, 6) is 1.00. The lowest BCUT2D eigenvalue weighted by Gasteiger charge is -2.16. The fourth-order valence-corrected chi connectivity index (χ4v) is 2.70. The van der Waals surface area contributed by atoms with Gasteiger partial charge in [-0.25, -0.2) is 0 Å². The maximum atomic E-state index is 6.23. The van der Waals surface area contributed by atoms with Gasteiger partial charge in [0.1, 0.15) is 5.76 Å². The molecule has 0 amide bonds. The molecule has 1 atom stereocenters. The maximum Gasteiger partial charge on any atom is 0.111 e. The summed E-state index contributed by atoms with van der Waals surface area (Å²) in [6, 6.07) is 10.4. The zero-order chi connectivity index (χ0) is 14.7. The van der Waals surface area contributed by atoms with Crippen LogP contribution < -0.4 is 10.6 Å². The second-order valence-electron chi connectivity index (χ2n) is 5.44. The number of nitrogens with zero attached hydrogens (tertiary/aromatic N) is 1. The number of H-pyrrole nitrogens is 1. The Morgan fingerprint density at radius 3 is 2.90 bits per heavy atom. The molecular weight excluding hydrogens is 260 g/mol. The topological polar surface area (TPSA) is 37.9 Å². The quantitative estimate of drug-likeness (QED) is 0.932. The van der Waals surface area contributed by atoms with E-state index < -0.39 is 0 Å². The van der Waals surface area contributed by atoms with Gasteiger partial charge in [-0.3, -0.25) is 5.10 Å². The molecule has 0 radical (unpaired) electrons. The first-order valence-electron chi connectivity index (χ1n) is 7.35. The molecule has 21 heavy (non-hydrogen) atoms. The Labute approximate surface area is 124 Å². The number of rotatable bonds is 4. The van der Waals surface area contributed by atoms with Gasteiger partial charge < -0.3 is 4.74 Å². The van der Waals surface area contributed by atoms with Crippen LogP contribution in [0.15, 0.2) is 42.5 Å². The Morgan fingerprint density at radius 1 is 1.29 bits per heavy atom. The van der Waals surface area contributed by atoms with Crippen LogP contribution in [0.4, 0.5) is 0 Å². The van der Waals surface area contributed by atoms with Gasteiger partial charge in [0.25, 0.3) is 0 Å². The summed E-state index contributed by atoms with van der Waals surface area (Å²) in [5, 5.41) is 9.49.